The largest absolute Gasteiger partial charge is 0.324 e. The third kappa shape index (κ3) is 3.00. The summed E-state index contributed by atoms with van der Waals surface area (Å²) in [6, 6.07) is 6.04. The summed E-state index contributed by atoms with van der Waals surface area (Å²) in [4.78, 5) is 0. The first-order valence-corrected chi connectivity index (χ1v) is 5.40. The van der Waals surface area contributed by atoms with E-state index in [-0.39, 0.29) is 6.04 Å². The Morgan fingerprint density at radius 1 is 1.36 bits per heavy atom. The molecular formula is C12H18ClN. The molecule has 0 saturated carbocycles. The quantitative estimate of drug-likeness (QED) is 0.811. The van der Waals surface area contributed by atoms with E-state index in [1.807, 2.05) is 18.2 Å². The molecule has 2 N–H and O–H groups in total. The fraction of sp³-hybridized carbons (Fsp3) is 0.500. The van der Waals surface area contributed by atoms with Crippen molar-refractivity contribution in [2.75, 3.05) is 0 Å². The predicted molar refractivity (Wildman–Crippen MR) is 62.6 cm³/mol. The van der Waals surface area contributed by atoms with Crippen LogP contribution in [0.25, 0.3) is 0 Å². The average Bonchev–Trinajstić information content (AvgIpc) is 2.01. The molecule has 1 aromatic carbocycles. The van der Waals surface area contributed by atoms with E-state index in [9.17, 15) is 0 Å². The van der Waals surface area contributed by atoms with Gasteiger partial charge in [-0.25, -0.2) is 0 Å². The lowest BCUT2D eigenvalue weighted by molar-refractivity contribution is 0.508. The maximum Gasteiger partial charge on any atom is 0.0408 e. The summed E-state index contributed by atoms with van der Waals surface area (Å²) in [7, 11) is 0. The highest BCUT2D eigenvalue weighted by molar-refractivity contribution is 6.30. The van der Waals surface area contributed by atoms with Gasteiger partial charge in [0.15, 0.2) is 0 Å². The van der Waals surface area contributed by atoms with Crippen molar-refractivity contribution in [2.45, 2.75) is 33.2 Å². The van der Waals surface area contributed by atoms with Gasteiger partial charge < -0.3 is 5.73 Å². The van der Waals surface area contributed by atoms with Crippen LogP contribution in [-0.4, -0.2) is 0 Å². The van der Waals surface area contributed by atoms with Crippen LogP contribution >= 0.6 is 11.6 Å². The summed E-state index contributed by atoms with van der Waals surface area (Å²) < 4.78 is 0. The van der Waals surface area contributed by atoms with Gasteiger partial charge in [0.1, 0.15) is 0 Å². The summed E-state index contributed by atoms with van der Waals surface area (Å²) >= 11 is 5.89. The topological polar surface area (TPSA) is 26.0 Å². The van der Waals surface area contributed by atoms with Crippen LogP contribution in [0, 0.1) is 12.8 Å². The van der Waals surface area contributed by atoms with Gasteiger partial charge in [0.2, 0.25) is 0 Å². The lowest BCUT2D eigenvalue weighted by atomic mass is 9.95. The molecule has 0 bridgehead atoms. The summed E-state index contributed by atoms with van der Waals surface area (Å²) in [6.45, 7) is 6.43. The van der Waals surface area contributed by atoms with Crippen LogP contribution in [0.5, 0.6) is 0 Å². The molecule has 0 aliphatic heterocycles. The van der Waals surface area contributed by atoms with Crippen molar-refractivity contribution in [3.05, 3.63) is 34.3 Å². The molecule has 14 heavy (non-hydrogen) atoms. The minimum Gasteiger partial charge on any atom is -0.324 e. The first-order chi connectivity index (χ1) is 6.50. The van der Waals surface area contributed by atoms with Gasteiger partial charge in [0.25, 0.3) is 0 Å². The highest BCUT2D eigenvalue weighted by Crippen LogP contribution is 2.24. The lowest BCUT2D eigenvalue weighted by Crippen LogP contribution is -2.14. The predicted octanol–water partition coefficient (Wildman–Crippen LogP) is 3.69. The van der Waals surface area contributed by atoms with Gasteiger partial charge in [-0.05, 0) is 42.5 Å². The molecule has 0 aliphatic rings. The molecule has 2 heteroatoms. The van der Waals surface area contributed by atoms with Gasteiger partial charge in [-0.15, -0.1) is 0 Å². The number of rotatable bonds is 3. The molecular weight excluding hydrogens is 194 g/mol. The molecule has 0 unspecified atom stereocenters. The van der Waals surface area contributed by atoms with Crippen molar-refractivity contribution in [3.63, 3.8) is 0 Å². The second-order valence-corrected chi connectivity index (χ2v) is 4.67. The average molecular weight is 212 g/mol. The van der Waals surface area contributed by atoms with Gasteiger partial charge in [-0.1, -0.05) is 31.5 Å². The highest BCUT2D eigenvalue weighted by Gasteiger charge is 2.10. The smallest absolute Gasteiger partial charge is 0.0408 e. The number of hydrogen-bond acceptors (Lipinski definition) is 1. The fourth-order valence-corrected chi connectivity index (χ4v) is 1.92. The van der Waals surface area contributed by atoms with E-state index < -0.39 is 0 Å². The van der Waals surface area contributed by atoms with E-state index in [0.717, 1.165) is 11.4 Å². The summed E-state index contributed by atoms with van der Waals surface area (Å²) in [5.41, 5.74) is 8.50. The van der Waals surface area contributed by atoms with E-state index in [1.54, 1.807) is 0 Å². The van der Waals surface area contributed by atoms with Gasteiger partial charge in [-0.3, -0.25) is 0 Å². The second kappa shape index (κ2) is 4.81. The van der Waals surface area contributed by atoms with Gasteiger partial charge in [0, 0.05) is 11.1 Å². The van der Waals surface area contributed by atoms with E-state index in [4.69, 9.17) is 17.3 Å². The van der Waals surface area contributed by atoms with Crippen LogP contribution in [0.1, 0.15) is 37.4 Å². The Morgan fingerprint density at radius 3 is 2.50 bits per heavy atom. The van der Waals surface area contributed by atoms with Crippen molar-refractivity contribution in [1.29, 1.82) is 0 Å². The number of nitrogens with two attached hydrogens (primary N) is 1. The molecule has 1 aromatic rings. The molecule has 0 spiro atoms. The summed E-state index contributed by atoms with van der Waals surface area (Å²) in [6.07, 6.45) is 1.02. The maximum absolute atomic E-state index is 6.10. The minimum absolute atomic E-state index is 0.132. The molecule has 0 heterocycles. The van der Waals surface area contributed by atoms with E-state index >= 15 is 0 Å². The Hall–Kier alpha value is -0.530. The Bertz CT molecular complexity index is 307. The minimum atomic E-state index is 0.132. The molecule has 0 saturated heterocycles. The van der Waals surface area contributed by atoms with E-state index in [2.05, 4.69) is 20.8 Å². The summed E-state index contributed by atoms with van der Waals surface area (Å²) in [5, 5.41) is 0.781. The summed E-state index contributed by atoms with van der Waals surface area (Å²) in [5.74, 6) is 0.625. The van der Waals surface area contributed by atoms with Crippen molar-refractivity contribution in [2.24, 2.45) is 11.7 Å². The van der Waals surface area contributed by atoms with Gasteiger partial charge in [0.05, 0.1) is 0 Å². The Balaban J connectivity index is 2.84. The molecule has 0 aliphatic carbocycles. The Kier molecular flexibility index (Phi) is 3.97. The first-order valence-electron chi connectivity index (χ1n) is 5.02. The standard InChI is InChI=1S/C12H18ClN/c1-8(2)6-12(14)11-5-4-10(13)7-9(11)3/h4-5,7-8,12H,6,14H2,1-3H3/t12-/m0/s1. The van der Waals surface area contributed by atoms with Crippen molar-refractivity contribution >= 4 is 11.6 Å². The van der Waals surface area contributed by atoms with Crippen molar-refractivity contribution in [3.8, 4) is 0 Å². The highest BCUT2D eigenvalue weighted by atomic mass is 35.5. The fourth-order valence-electron chi connectivity index (χ4n) is 1.69. The molecule has 0 fully saturated rings. The first kappa shape index (κ1) is 11.5. The van der Waals surface area contributed by atoms with Crippen LogP contribution in [0.2, 0.25) is 5.02 Å². The SMILES string of the molecule is Cc1cc(Cl)ccc1[C@@H](N)CC(C)C. The monoisotopic (exact) mass is 211 g/mol. The van der Waals surface area contributed by atoms with Crippen LogP contribution in [0.3, 0.4) is 0 Å². The molecule has 0 radical (unpaired) electrons. The number of halogens is 1. The maximum atomic E-state index is 6.10. The Labute approximate surface area is 91.3 Å². The van der Waals surface area contributed by atoms with Crippen LogP contribution in [-0.2, 0) is 0 Å². The number of aryl methyl sites for hydroxylation is 1. The molecule has 1 rings (SSSR count). The molecule has 0 amide bonds. The second-order valence-electron chi connectivity index (χ2n) is 4.24. The normalized spacial score (nSPS) is 13.3. The van der Waals surface area contributed by atoms with Crippen molar-refractivity contribution in [1.82, 2.24) is 0 Å². The van der Waals surface area contributed by atoms with Crippen LogP contribution < -0.4 is 5.73 Å². The van der Waals surface area contributed by atoms with Gasteiger partial charge in [-0.2, -0.15) is 0 Å². The third-order valence-electron chi connectivity index (χ3n) is 2.36. The molecule has 1 atom stereocenters. The zero-order valence-electron chi connectivity index (χ0n) is 9.05. The molecule has 78 valence electrons. The molecule has 1 nitrogen and oxygen atoms in total. The Morgan fingerprint density at radius 2 is 2.00 bits per heavy atom. The van der Waals surface area contributed by atoms with E-state index in [0.29, 0.717) is 5.92 Å². The third-order valence-corrected chi connectivity index (χ3v) is 2.59. The van der Waals surface area contributed by atoms with Gasteiger partial charge >= 0.3 is 0 Å². The van der Waals surface area contributed by atoms with Crippen molar-refractivity contribution < 1.29 is 0 Å². The van der Waals surface area contributed by atoms with Crippen LogP contribution in [0.15, 0.2) is 18.2 Å². The lowest BCUT2D eigenvalue weighted by Gasteiger charge is -2.16. The number of hydrogen-bond donors (Lipinski definition) is 1. The van der Waals surface area contributed by atoms with Crippen LogP contribution in [0.4, 0.5) is 0 Å². The number of benzene rings is 1. The zero-order valence-corrected chi connectivity index (χ0v) is 9.81. The zero-order chi connectivity index (χ0) is 10.7. The van der Waals surface area contributed by atoms with E-state index in [1.165, 1.54) is 11.1 Å². The molecule has 0 aromatic heterocycles.